The monoisotopic (exact) mass is 214 g/mol. The molecule has 1 saturated carbocycles. The van der Waals surface area contributed by atoms with Crippen molar-refractivity contribution in [1.82, 2.24) is 0 Å². The molecule has 2 aliphatic rings. The predicted octanol–water partition coefficient (Wildman–Crippen LogP) is 3.68. The van der Waals surface area contributed by atoms with Crippen molar-refractivity contribution in [2.75, 3.05) is 12.4 Å². The van der Waals surface area contributed by atoms with Gasteiger partial charge in [0.2, 0.25) is 0 Å². The molecule has 1 nitrogen and oxygen atoms in total. The van der Waals surface area contributed by atoms with Gasteiger partial charge in [0.25, 0.3) is 0 Å². The summed E-state index contributed by atoms with van der Waals surface area (Å²) in [5.74, 6) is 2.01. The van der Waals surface area contributed by atoms with E-state index in [-0.39, 0.29) is 4.93 Å². The molecule has 0 bridgehead atoms. The second kappa shape index (κ2) is 3.71. The average molecular weight is 214 g/mol. The molecule has 82 valence electrons. The summed E-state index contributed by atoms with van der Waals surface area (Å²) in [6, 6.07) is 0. The standard InChI is InChI=1S/C12H22OS/c1-10-6-4-5-7-12(10)13-8-11(2,3)9-14-12/h10H,4-9H2,1-3H3/t10-,12+/m0/s1. The Morgan fingerprint density at radius 1 is 1.29 bits per heavy atom. The van der Waals surface area contributed by atoms with E-state index in [1.165, 1.54) is 31.4 Å². The van der Waals surface area contributed by atoms with Gasteiger partial charge in [-0.05, 0) is 30.6 Å². The molecular weight excluding hydrogens is 192 g/mol. The zero-order valence-electron chi connectivity index (χ0n) is 9.64. The third kappa shape index (κ3) is 1.96. The molecule has 1 heterocycles. The Bertz CT molecular complexity index is 202. The van der Waals surface area contributed by atoms with Gasteiger partial charge in [0.15, 0.2) is 0 Å². The number of rotatable bonds is 0. The molecule has 0 aromatic rings. The van der Waals surface area contributed by atoms with Gasteiger partial charge >= 0.3 is 0 Å². The number of ether oxygens (including phenoxy) is 1. The van der Waals surface area contributed by atoms with Crippen LogP contribution in [0.3, 0.4) is 0 Å². The molecule has 0 aromatic heterocycles. The lowest BCUT2D eigenvalue weighted by Gasteiger charge is -2.48. The van der Waals surface area contributed by atoms with Gasteiger partial charge in [-0.25, -0.2) is 0 Å². The first-order chi connectivity index (χ1) is 6.54. The van der Waals surface area contributed by atoms with E-state index in [1.54, 1.807) is 0 Å². The molecule has 0 amide bonds. The van der Waals surface area contributed by atoms with Gasteiger partial charge in [0.1, 0.15) is 4.93 Å². The lowest BCUT2D eigenvalue weighted by Crippen LogP contribution is -2.46. The Morgan fingerprint density at radius 3 is 2.64 bits per heavy atom. The molecule has 0 radical (unpaired) electrons. The van der Waals surface area contributed by atoms with Crippen LogP contribution in [-0.2, 0) is 4.74 Å². The van der Waals surface area contributed by atoms with Crippen LogP contribution < -0.4 is 0 Å². The summed E-state index contributed by atoms with van der Waals surface area (Å²) in [5.41, 5.74) is 0.382. The molecule has 0 aromatic carbocycles. The number of hydrogen-bond donors (Lipinski definition) is 0. The zero-order valence-corrected chi connectivity index (χ0v) is 10.5. The molecule has 1 spiro atoms. The van der Waals surface area contributed by atoms with Crippen LogP contribution in [0.15, 0.2) is 0 Å². The highest BCUT2D eigenvalue weighted by molar-refractivity contribution is 8.00. The highest BCUT2D eigenvalue weighted by Gasteiger charge is 2.44. The maximum atomic E-state index is 6.20. The van der Waals surface area contributed by atoms with Crippen LogP contribution in [0.25, 0.3) is 0 Å². The van der Waals surface area contributed by atoms with Gasteiger partial charge in [-0.2, -0.15) is 0 Å². The molecule has 1 saturated heterocycles. The van der Waals surface area contributed by atoms with E-state index in [9.17, 15) is 0 Å². The maximum Gasteiger partial charge on any atom is 0.116 e. The number of hydrogen-bond acceptors (Lipinski definition) is 2. The number of thioether (sulfide) groups is 1. The van der Waals surface area contributed by atoms with Crippen molar-refractivity contribution < 1.29 is 4.74 Å². The predicted molar refractivity (Wildman–Crippen MR) is 62.6 cm³/mol. The lowest BCUT2D eigenvalue weighted by atomic mass is 9.86. The lowest BCUT2D eigenvalue weighted by molar-refractivity contribution is -0.0702. The minimum absolute atomic E-state index is 0.188. The molecule has 2 atom stereocenters. The summed E-state index contributed by atoms with van der Waals surface area (Å²) in [6.45, 7) is 7.93. The first kappa shape index (κ1) is 10.8. The van der Waals surface area contributed by atoms with Gasteiger partial charge < -0.3 is 4.74 Å². The minimum Gasteiger partial charge on any atom is -0.363 e. The third-order valence-electron chi connectivity index (χ3n) is 3.58. The summed E-state index contributed by atoms with van der Waals surface area (Å²) in [7, 11) is 0. The van der Waals surface area contributed by atoms with Crippen molar-refractivity contribution in [3.05, 3.63) is 0 Å². The Hall–Kier alpha value is 0.310. The van der Waals surface area contributed by atoms with Gasteiger partial charge in [0.05, 0.1) is 6.61 Å². The first-order valence-electron chi connectivity index (χ1n) is 5.82. The van der Waals surface area contributed by atoms with Crippen molar-refractivity contribution >= 4 is 11.8 Å². The summed E-state index contributed by atoms with van der Waals surface area (Å²) < 4.78 is 6.20. The quantitative estimate of drug-likeness (QED) is 0.608. The van der Waals surface area contributed by atoms with E-state index in [2.05, 4.69) is 32.5 Å². The van der Waals surface area contributed by atoms with E-state index < -0.39 is 0 Å². The molecule has 2 rings (SSSR count). The SMILES string of the molecule is C[C@H]1CCCC[C@]12OCC(C)(C)CS2. The van der Waals surface area contributed by atoms with Crippen LogP contribution in [0, 0.1) is 11.3 Å². The summed E-state index contributed by atoms with van der Waals surface area (Å²) in [5, 5.41) is 0. The van der Waals surface area contributed by atoms with Crippen LogP contribution in [0.5, 0.6) is 0 Å². The molecule has 1 aliphatic carbocycles. The van der Waals surface area contributed by atoms with E-state index >= 15 is 0 Å². The van der Waals surface area contributed by atoms with Gasteiger partial charge in [0, 0.05) is 5.75 Å². The fourth-order valence-electron chi connectivity index (χ4n) is 2.44. The topological polar surface area (TPSA) is 9.23 Å². The molecule has 2 heteroatoms. The van der Waals surface area contributed by atoms with E-state index in [0.717, 1.165) is 12.5 Å². The summed E-state index contributed by atoms with van der Waals surface area (Å²) in [4.78, 5) is 0.188. The van der Waals surface area contributed by atoms with Crippen LogP contribution in [0.4, 0.5) is 0 Å². The van der Waals surface area contributed by atoms with Crippen LogP contribution >= 0.6 is 11.8 Å². The van der Waals surface area contributed by atoms with Crippen molar-refractivity contribution in [3.63, 3.8) is 0 Å². The smallest absolute Gasteiger partial charge is 0.116 e. The fraction of sp³-hybridized carbons (Fsp3) is 1.00. The highest BCUT2D eigenvalue weighted by atomic mass is 32.2. The van der Waals surface area contributed by atoms with Gasteiger partial charge in [-0.1, -0.05) is 27.2 Å². The van der Waals surface area contributed by atoms with E-state index in [0.29, 0.717) is 5.41 Å². The highest BCUT2D eigenvalue weighted by Crippen LogP contribution is 2.50. The normalized spacial score (nSPS) is 42.6. The summed E-state index contributed by atoms with van der Waals surface area (Å²) >= 11 is 2.08. The van der Waals surface area contributed by atoms with E-state index in [4.69, 9.17) is 4.74 Å². The summed E-state index contributed by atoms with van der Waals surface area (Å²) in [6.07, 6.45) is 5.39. The Kier molecular flexibility index (Phi) is 2.87. The fourth-order valence-corrected chi connectivity index (χ4v) is 3.99. The van der Waals surface area contributed by atoms with Crippen LogP contribution in [0.1, 0.15) is 46.5 Å². The molecular formula is C12H22OS. The van der Waals surface area contributed by atoms with Crippen molar-refractivity contribution in [2.45, 2.75) is 51.4 Å². The van der Waals surface area contributed by atoms with Gasteiger partial charge in [-0.15, -0.1) is 11.8 Å². The van der Waals surface area contributed by atoms with Crippen molar-refractivity contribution in [1.29, 1.82) is 0 Å². The molecule has 0 N–H and O–H groups in total. The van der Waals surface area contributed by atoms with Gasteiger partial charge in [-0.3, -0.25) is 0 Å². The first-order valence-corrected chi connectivity index (χ1v) is 6.81. The second-order valence-corrected chi connectivity index (χ2v) is 6.97. The zero-order chi connectivity index (χ0) is 10.2. The van der Waals surface area contributed by atoms with Crippen molar-refractivity contribution in [3.8, 4) is 0 Å². The average Bonchev–Trinajstić information content (AvgIpc) is 2.15. The second-order valence-electron chi connectivity index (χ2n) is 5.70. The Morgan fingerprint density at radius 2 is 2.07 bits per heavy atom. The minimum atomic E-state index is 0.188. The third-order valence-corrected chi connectivity index (χ3v) is 5.72. The van der Waals surface area contributed by atoms with Crippen LogP contribution in [-0.4, -0.2) is 17.3 Å². The largest absolute Gasteiger partial charge is 0.363 e. The Balaban J connectivity index is 2.03. The van der Waals surface area contributed by atoms with E-state index in [1.807, 2.05) is 0 Å². The molecule has 0 unspecified atom stereocenters. The maximum absolute atomic E-state index is 6.20. The molecule has 2 fully saturated rings. The molecule has 1 aliphatic heterocycles. The van der Waals surface area contributed by atoms with Crippen molar-refractivity contribution in [2.24, 2.45) is 11.3 Å². The Labute approximate surface area is 92.0 Å². The molecule has 14 heavy (non-hydrogen) atoms. The van der Waals surface area contributed by atoms with Crippen LogP contribution in [0.2, 0.25) is 0 Å².